The number of aliphatic hydroxyl groups excluding tert-OH is 1. The lowest BCUT2D eigenvalue weighted by Crippen LogP contribution is -2.30. The molecular weight excluding hydrogens is 420 g/mol. The van der Waals surface area contributed by atoms with Crippen molar-refractivity contribution in [3.8, 4) is 5.75 Å². The lowest BCUT2D eigenvalue weighted by molar-refractivity contribution is 0.0245. The molecule has 0 fully saturated rings. The van der Waals surface area contributed by atoms with Crippen LogP contribution in [0.3, 0.4) is 0 Å². The zero-order valence-electron chi connectivity index (χ0n) is 13.4. The van der Waals surface area contributed by atoms with Crippen molar-refractivity contribution >= 4 is 33.5 Å². The third-order valence-corrected chi connectivity index (χ3v) is 3.56. The molecule has 0 radical (unpaired) electrons. The number of carbonyl (C=O) groups is 1. The van der Waals surface area contributed by atoms with Crippen LogP contribution in [0.2, 0.25) is 0 Å². The number of nitrogens with one attached hydrogen (secondary N) is 2. The summed E-state index contributed by atoms with van der Waals surface area (Å²) in [5, 5.41) is 11.2. The maximum absolute atomic E-state index is 14.0. The highest BCUT2D eigenvalue weighted by atomic mass is 79.9. The summed E-state index contributed by atoms with van der Waals surface area (Å²) in [6, 6.07) is 4.79. The Balaban J connectivity index is 2.35. The number of nitrogens with zero attached hydrogens (tertiary/aromatic N) is 1. The van der Waals surface area contributed by atoms with Crippen LogP contribution in [-0.2, 0) is 11.9 Å². The highest BCUT2D eigenvalue weighted by Gasteiger charge is 2.18. The van der Waals surface area contributed by atoms with E-state index in [4.69, 9.17) is 9.84 Å². The number of halogens is 3. The van der Waals surface area contributed by atoms with Gasteiger partial charge in [-0.2, -0.15) is 5.48 Å². The first-order chi connectivity index (χ1) is 12.3. The van der Waals surface area contributed by atoms with Gasteiger partial charge in [-0.1, -0.05) is 15.9 Å². The van der Waals surface area contributed by atoms with Crippen molar-refractivity contribution in [1.82, 2.24) is 10.0 Å². The van der Waals surface area contributed by atoms with Crippen molar-refractivity contribution in [3.05, 3.63) is 50.7 Å². The molecule has 140 valence electrons. The van der Waals surface area contributed by atoms with Gasteiger partial charge in [0.05, 0.1) is 18.9 Å². The Morgan fingerprint density at radius 1 is 1.31 bits per heavy atom. The van der Waals surface area contributed by atoms with E-state index in [1.54, 1.807) is 6.07 Å². The van der Waals surface area contributed by atoms with Gasteiger partial charge in [0, 0.05) is 17.6 Å². The number of hydrogen-bond acceptors (Lipinski definition) is 6. The average molecular weight is 434 g/mol. The van der Waals surface area contributed by atoms with E-state index < -0.39 is 23.3 Å². The van der Waals surface area contributed by atoms with Gasteiger partial charge in [0.1, 0.15) is 5.82 Å². The number of anilines is 2. The van der Waals surface area contributed by atoms with Crippen LogP contribution in [0.5, 0.6) is 5.75 Å². The van der Waals surface area contributed by atoms with Crippen LogP contribution in [0.1, 0.15) is 0 Å². The number of ether oxygens (including phenoxy) is 1. The molecule has 0 unspecified atom stereocenters. The third-order valence-electron chi connectivity index (χ3n) is 3.07. The second kappa shape index (κ2) is 8.74. The van der Waals surface area contributed by atoms with E-state index >= 15 is 0 Å². The van der Waals surface area contributed by atoms with Crippen LogP contribution >= 0.6 is 15.9 Å². The zero-order valence-corrected chi connectivity index (χ0v) is 15.0. The largest absolute Gasteiger partial charge is 0.436 e. The van der Waals surface area contributed by atoms with Crippen molar-refractivity contribution in [2.45, 2.75) is 0 Å². The van der Waals surface area contributed by atoms with Crippen molar-refractivity contribution in [2.75, 3.05) is 18.5 Å². The second-order valence-electron chi connectivity index (χ2n) is 4.88. The smallest absolute Gasteiger partial charge is 0.405 e. The number of aliphatic hydroxyl groups is 1. The summed E-state index contributed by atoms with van der Waals surface area (Å²) in [5.41, 5.74) is 0.820. The first kappa shape index (κ1) is 19.8. The monoisotopic (exact) mass is 433 g/mol. The third kappa shape index (κ3) is 4.77. The Morgan fingerprint density at radius 2 is 2.04 bits per heavy atom. The van der Waals surface area contributed by atoms with E-state index in [9.17, 15) is 18.4 Å². The van der Waals surface area contributed by atoms with E-state index in [1.165, 1.54) is 19.2 Å². The Kier molecular flexibility index (Phi) is 6.66. The zero-order chi connectivity index (χ0) is 19.3. The fourth-order valence-electron chi connectivity index (χ4n) is 1.89. The summed E-state index contributed by atoms with van der Waals surface area (Å²) in [6.45, 7) is -0.531. The summed E-state index contributed by atoms with van der Waals surface area (Å²) in [7, 11) is 1.22. The topological polar surface area (TPSA) is 102 Å². The van der Waals surface area contributed by atoms with Gasteiger partial charge in [0.2, 0.25) is 0 Å². The number of aromatic nitrogens is 1. The molecule has 1 amide bonds. The lowest BCUT2D eigenvalue weighted by atomic mass is 10.3. The number of amides is 1. The van der Waals surface area contributed by atoms with Crippen molar-refractivity contribution in [3.63, 3.8) is 0 Å². The lowest BCUT2D eigenvalue weighted by Gasteiger charge is -2.16. The van der Waals surface area contributed by atoms with Crippen molar-refractivity contribution in [2.24, 2.45) is 7.05 Å². The van der Waals surface area contributed by atoms with Gasteiger partial charge in [-0.15, -0.1) is 0 Å². The number of rotatable bonds is 6. The van der Waals surface area contributed by atoms with E-state index in [-0.39, 0.29) is 30.5 Å². The minimum absolute atomic E-state index is 0.0309. The average Bonchev–Trinajstić information content (AvgIpc) is 2.58. The Bertz CT molecular complexity index is 875. The van der Waals surface area contributed by atoms with Gasteiger partial charge in [-0.3, -0.25) is 14.2 Å². The molecule has 0 bridgehead atoms. The molecular formula is C15H14BrF2N3O5. The SMILES string of the molecule is Cn1c(Nc2ccc(Br)cc2F)c(OC(=O)NOCCO)cc(F)c1=O. The van der Waals surface area contributed by atoms with Gasteiger partial charge in [-0.05, 0) is 18.2 Å². The molecule has 0 spiro atoms. The summed E-state index contributed by atoms with van der Waals surface area (Å²) >= 11 is 3.11. The maximum atomic E-state index is 14.0. The molecule has 0 saturated carbocycles. The summed E-state index contributed by atoms with van der Waals surface area (Å²) in [6.07, 6.45) is -1.13. The number of benzene rings is 1. The number of hydroxylamine groups is 1. The van der Waals surface area contributed by atoms with Crippen LogP contribution in [-0.4, -0.2) is 29.0 Å². The number of carbonyl (C=O) groups excluding carboxylic acids is 1. The molecule has 1 heterocycles. The van der Waals surface area contributed by atoms with Gasteiger partial charge < -0.3 is 15.2 Å². The highest BCUT2D eigenvalue weighted by molar-refractivity contribution is 9.10. The predicted octanol–water partition coefficient (Wildman–Crippen LogP) is 2.18. The van der Waals surface area contributed by atoms with Crippen LogP contribution in [0, 0.1) is 11.6 Å². The van der Waals surface area contributed by atoms with E-state index in [0.717, 1.165) is 4.57 Å². The quantitative estimate of drug-likeness (QED) is 0.476. The first-order valence-electron chi connectivity index (χ1n) is 7.15. The Morgan fingerprint density at radius 3 is 2.69 bits per heavy atom. The Hall–Kier alpha value is -2.50. The molecule has 3 N–H and O–H groups in total. The van der Waals surface area contributed by atoms with Gasteiger partial charge in [0.25, 0.3) is 5.56 Å². The van der Waals surface area contributed by atoms with E-state index in [1.807, 2.05) is 5.48 Å². The molecule has 0 atom stereocenters. The minimum atomic E-state index is -1.17. The van der Waals surface area contributed by atoms with E-state index in [2.05, 4.69) is 26.1 Å². The van der Waals surface area contributed by atoms with Crippen LogP contribution in [0.25, 0.3) is 0 Å². The molecule has 0 aliphatic rings. The molecule has 8 nitrogen and oxygen atoms in total. The molecule has 26 heavy (non-hydrogen) atoms. The van der Waals surface area contributed by atoms with Gasteiger partial charge >= 0.3 is 6.09 Å². The summed E-state index contributed by atoms with van der Waals surface area (Å²) in [4.78, 5) is 28.0. The fraction of sp³-hybridized carbons (Fsp3) is 0.200. The van der Waals surface area contributed by atoms with Crippen LogP contribution in [0.4, 0.5) is 25.1 Å². The van der Waals surface area contributed by atoms with Gasteiger partial charge in [0.15, 0.2) is 17.4 Å². The molecule has 11 heteroatoms. The second-order valence-corrected chi connectivity index (χ2v) is 5.80. The minimum Gasteiger partial charge on any atom is -0.405 e. The molecule has 2 aromatic rings. The summed E-state index contributed by atoms with van der Waals surface area (Å²) < 4.78 is 34.0. The maximum Gasteiger partial charge on any atom is 0.436 e. The molecule has 2 rings (SSSR count). The van der Waals surface area contributed by atoms with Crippen molar-refractivity contribution in [1.29, 1.82) is 0 Å². The van der Waals surface area contributed by atoms with Crippen molar-refractivity contribution < 1.29 is 28.3 Å². The van der Waals surface area contributed by atoms with Gasteiger partial charge in [-0.25, -0.2) is 13.6 Å². The summed E-state index contributed by atoms with van der Waals surface area (Å²) in [5.74, 6) is -2.36. The number of hydrogen-bond donors (Lipinski definition) is 3. The number of pyridine rings is 1. The molecule has 0 saturated heterocycles. The first-order valence-corrected chi connectivity index (χ1v) is 7.95. The molecule has 0 aliphatic carbocycles. The standard InChI is InChI=1S/C15H14BrF2N3O5/c1-21-13(19-11-3-2-8(16)6-9(11)17)12(7-10(18)14(21)23)26-15(24)20-25-5-4-22/h2-3,6-7,19,22H,4-5H2,1H3,(H,20,24). The predicted molar refractivity (Wildman–Crippen MR) is 91.2 cm³/mol. The van der Waals surface area contributed by atoms with Crippen LogP contribution < -0.4 is 21.1 Å². The normalized spacial score (nSPS) is 10.5. The molecule has 1 aromatic heterocycles. The molecule has 0 aliphatic heterocycles. The Labute approximate surface area is 154 Å². The molecule has 1 aromatic carbocycles. The fourth-order valence-corrected chi connectivity index (χ4v) is 2.22. The highest BCUT2D eigenvalue weighted by Crippen LogP contribution is 2.29. The van der Waals surface area contributed by atoms with Crippen LogP contribution in [0.15, 0.2) is 33.5 Å². The van der Waals surface area contributed by atoms with E-state index in [0.29, 0.717) is 10.5 Å².